The number of piperidine rings is 1. The van der Waals surface area contributed by atoms with Gasteiger partial charge in [-0.1, -0.05) is 35.0 Å². The van der Waals surface area contributed by atoms with Gasteiger partial charge in [-0.05, 0) is 44.0 Å². The minimum atomic E-state index is -3.55. The van der Waals surface area contributed by atoms with E-state index in [4.69, 9.17) is 4.52 Å². The van der Waals surface area contributed by atoms with Gasteiger partial charge in [-0.15, -0.1) is 0 Å². The van der Waals surface area contributed by atoms with E-state index in [0.717, 1.165) is 5.56 Å². The van der Waals surface area contributed by atoms with E-state index in [2.05, 4.69) is 15.5 Å². The van der Waals surface area contributed by atoms with Crippen molar-refractivity contribution in [3.63, 3.8) is 0 Å². The lowest BCUT2D eigenvalue weighted by Gasteiger charge is -2.30. The molecule has 8 nitrogen and oxygen atoms in total. The van der Waals surface area contributed by atoms with Crippen LogP contribution < -0.4 is 5.32 Å². The number of amides is 1. The van der Waals surface area contributed by atoms with Crippen LogP contribution in [0.4, 0.5) is 5.69 Å². The van der Waals surface area contributed by atoms with Crippen molar-refractivity contribution < 1.29 is 17.7 Å². The topological polar surface area (TPSA) is 105 Å². The van der Waals surface area contributed by atoms with Crippen molar-refractivity contribution in [1.82, 2.24) is 14.4 Å². The van der Waals surface area contributed by atoms with E-state index in [-0.39, 0.29) is 16.7 Å². The zero-order chi connectivity index (χ0) is 22.0. The van der Waals surface area contributed by atoms with Crippen LogP contribution in [0.5, 0.6) is 0 Å². The minimum Gasteiger partial charge on any atom is -0.339 e. The molecule has 1 aliphatic heterocycles. The first-order chi connectivity index (χ1) is 14.8. The second-order valence-corrected chi connectivity index (χ2v) is 9.60. The number of carbonyl (C=O) groups is 1. The van der Waals surface area contributed by atoms with Gasteiger partial charge in [0.25, 0.3) is 0 Å². The Kier molecular flexibility index (Phi) is 5.88. The molecule has 2 aromatic carbocycles. The van der Waals surface area contributed by atoms with E-state index < -0.39 is 10.0 Å². The molecule has 31 heavy (non-hydrogen) atoms. The average Bonchev–Trinajstić information content (AvgIpc) is 3.20. The molecule has 3 aromatic rings. The van der Waals surface area contributed by atoms with Crippen molar-refractivity contribution in [2.24, 2.45) is 5.92 Å². The van der Waals surface area contributed by atoms with E-state index >= 15 is 0 Å². The molecule has 2 heterocycles. The molecule has 1 N–H and O–H groups in total. The highest BCUT2D eigenvalue weighted by atomic mass is 32.2. The Bertz CT molecular complexity index is 1180. The number of hydrogen-bond donors (Lipinski definition) is 1. The van der Waals surface area contributed by atoms with Crippen LogP contribution in [-0.4, -0.2) is 41.9 Å². The van der Waals surface area contributed by atoms with E-state index in [1.807, 2.05) is 25.1 Å². The monoisotopic (exact) mass is 440 g/mol. The third-order valence-electron chi connectivity index (χ3n) is 5.44. The maximum atomic E-state index is 12.9. The fourth-order valence-corrected chi connectivity index (χ4v) is 5.12. The molecule has 1 amide bonds. The van der Waals surface area contributed by atoms with Crippen LogP contribution in [0.25, 0.3) is 11.4 Å². The van der Waals surface area contributed by atoms with Gasteiger partial charge in [0.15, 0.2) is 0 Å². The van der Waals surface area contributed by atoms with Crippen LogP contribution in [0, 0.1) is 19.8 Å². The van der Waals surface area contributed by atoms with Gasteiger partial charge in [0.05, 0.1) is 10.6 Å². The lowest BCUT2D eigenvalue weighted by molar-refractivity contribution is -0.120. The summed E-state index contributed by atoms with van der Waals surface area (Å²) in [6.07, 6.45) is 0.917. The quantitative estimate of drug-likeness (QED) is 0.652. The molecule has 0 spiro atoms. The van der Waals surface area contributed by atoms with Gasteiger partial charge < -0.3 is 9.84 Å². The number of nitrogens with one attached hydrogen (secondary N) is 1. The molecule has 1 aliphatic rings. The first kappa shape index (κ1) is 21.2. The van der Waals surface area contributed by atoms with Gasteiger partial charge in [-0.2, -0.15) is 9.29 Å². The van der Waals surface area contributed by atoms with Crippen molar-refractivity contribution in [2.75, 3.05) is 18.4 Å². The number of aromatic nitrogens is 2. The first-order valence-electron chi connectivity index (χ1n) is 10.1. The summed E-state index contributed by atoms with van der Waals surface area (Å²) in [5.74, 6) is 0.440. The van der Waals surface area contributed by atoms with Gasteiger partial charge in [0, 0.05) is 31.5 Å². The third-order valence-corrected chi connectivity index (χ3v) is 7.35. The van der Waals surface area contributed by atoms with Crippen molar-refractivity contribution in [2.45, 2.75) is 31.6 Å². The molecule has 0 radical (unpaired) electrons. The van der Waals surface area contributed by atoms with E-state index in [1.165, 1.54) is 4.31 Å². The van der Waals surface area contributed by atoms with Crippen molar-refractivity contribution in [3.05, 3.63) is 60.0 Å². The van der Waals surface area contributed by atoms with Crippen LogP contribution in [0.2, 0.25) is 0 Å². The Hall–Kier alpha value is -3.04. The highest BCUT2D eigenvalue weighted by Crippen LogP contribution is 2.28. The smallest absolute Gasteiger partial charge is 0.243 e. The fourth-order valence-electron chi connectivity index (χ4n) is 3.65. The number of benzene rings is 2. The molecule has 162 valence electrons. The summed E-state index contributed by atoms with van der Waals surface area (Å²) in [6.45, 7) is 4.23. The molecule has 1 aromatic heterocycles. The first-order valence-corrected chi connectivity index (χ1v) is 11.6. The number of anilines is 1. The Labute approximate surface area is 181 Å². The summed E-state index contributed by atoms with van der Waals surface area (Å²) in [6, 6.07) is 14.1. The Morgan fingerprint density at radius 2 is 1.74 bits per heavy atom. The third kappa shape index (κ3) is 4.52. The van der Waals surface area contributed by atoms with Crippen molar-refractivity contribution in [1.29, 1.82) is 0 Å². The summed E-state index contributed by atoms with van der Waals surface area (Å²) < 4.78 is 32.2. The van der Waals surface area contributed by atoms with Crippen molar-refractivity contribution in [3.8, 4) is 11.4 Å². The highest BCUT2D eigenvalue weighted by Gasteiger charge is 2.32. The molecule has 0 saturated carbocycles. The molecule has 4 rings (SSSR count). The summed E-state index contributed by atoms with van der Waals surface area (Å²) in [5, 5.41) is 6.88. The number of sulfonamides is 1. The van der Waals surface area contributed by atoms with Crippen LogP contribution in [0.3, 0.4) is 0 Å². The number of aryl methyl sites for hydroxylation is 2. The van der Waals surface area contributed by atoms with Crippen LogP contribution >= 0.6 is 0 Å². The molecule has 1 fully saturated rings. The number of hydrogen-bond acceptors (Lipinski definition) is 6. The zero-order valence-corrected chi connectivity index (χ0v) is 18.2. The predicted octanol–water partition coefficient (Wildman–Crippen LogP) is 3.39. The number of rotatable bonds is 5. The van der Waals surface area contributed by atoms with Gasteiger partial charge in [-0.25, -0.2) is 8.42 Å². The second kappa shape index (κ2) is 8.60. The normalized spacial score (nSPS) is 15.7. The molecule has 0 aliphatic carbocycles. The molecule has 0 bridgehead atoms. The van der Waals surface area contributed by atoms with E-state index in [9.17, 15) is 13.2 Å². The highest BCUT2D eigenvalue weighted by molar-refractivity contribution is 7.89. The van der Waals surface area contributed by atoms with Crippen LogP contribution in [0.1, 0.15) is 24.3 Å². The maximum Gasteiger partial charge on any atom is 0.243 e. The standard InChI is InChI=1S/C22H24N4O4S/c1-15-7-9-18(10-8-15)31(28,29)26-13-11-17(12-14-26)22(27)24-20-6-4-3-5-19(20)21-23-16(2)30-25-21/h3-10,17H,11-14H2,1-2H3,(H,24,27). The Balaban J connectivity index is 1.42. The molecular formula is C22H24N4O4S. The maximum absolute atomic E-state index is 12.9. The molecular weight excluding hydrogens is 416 g/mol. The molecule has 0 atom stereocenters. The van der Waals surface area contributed by atoms with Gasteiger partial charge >= 0.3 is 0 Å². The zero-order valence-electron chi connectivity index (χ0n) is 17.4. The summed E-state index contributed by atoms with van der Waals surface area (Å²) in [4.78, 5) is 17.4. The Morgan fingerprint density at radius 3 is 2.39 bits per heavy atom. The number of nitrogens with zero attached hydrogens (tertiary/aromatic N) is 3. The molecule has 1 saturated heterocycles. The van der Waals surface area contributed by atoms with Gasteiger partial charge in [0.1, 0.15) is 0 Å². The fraction of sp³-hybridized carbons (Fsp3) is 0.318. The van der Waals surface area contributed by atoms with Crippen LogP contribution in [0.15, 0.2) is 57.9 Å². The van der Waals surface area contributed by atoms with Gasteiger partial charge in [-0.3, -0.25) is 4.79 Å². The number of para-hydroxylation sites is 1. The minimum absolute atomic E-state index is 0.139. The second-order valence-electron chi connectivity index (χ2n) is 7.66. The Morgan fingerprint density at radius 1 is 1.06 bits per heavy atom. The van der Waals surface area contributed by atoms with E-state index in [1.54, 1.807) is 37.3 Å². The largest absolute Gasteiger partial charge is 0.339 e. The lowest BCUT2D eigenvalue weighted by atomic mass is 9.97. The van der Waals surface area contributed by atoms with E-state index in [0.29, 0.717) is 48.9 Å². The van der Waals surface area contributed by atoms with Crippen molar-refractivity contribution >= 4 is 21.6 Å². The molecule has 9 heteroatoms. The predicted molar refractivity (Wildman–Crippen MR) is 116 cm³/mol. The lowest BCUT2D eigenvalue weighted by Crippen LogP contribution is -2.41. The summed E-state index contributed by atoms with van der Waals surface area (Å²) >= 11 is 0. The summed E-state index contributed by atoms with van der Waals surface area (Å²) in [5.41, 5.74) is 2.28. The van der Waals surface area contributed by atoms with Gasteiger partial charge in [0.2, 0.25) is 27.6 Å². The summed E-state index contributed by atoms with van der Waals surface area (Å²) in [7, 11) is -3.55. The average molecular weight is 441 g/mol. The SMILES string of the molecule is Cc1ccc(S(=O)(=O)N2CCC(C(=O)Nc3ccccc3-c3noc(C)n3)CC2)cc1. The molecule has 0 unspecified atom stereocenters. The van der Waals surface area contributed by atoms with Crippen LogP contribution in [-0.2, 0) is 14.8 Å². The number of carbonyl (C=O) groups excluding carboxylic acids is 1.